The fourth-order valence-corrected chi connectivity index (χ4v) is 2.13. The van der Waals surface area contributed by atoms with E-state index in [0.717, 1.165) is 29.7 Å². The Morgan fingerprint density at radius 1 is 1.56 bits per heavy atom. The number of carbonyl (C=O) groups is 1. The van der Waals surface area contributed by atoms with Gasteiger partial charge in [-0.2, -0.15) is 0 Å². The van der Waals surface area contributed by atoms with Crippen LogP contribution in [-0.2, 0) is 17.8 Å². The van der Waals surface area contributed by atoms with Crippen LogP contribution >= 0.6 is 11.8 Å². The van der Waals surface area contributed by atoms with Crippen LogP contribution < -0.4 is 0 Å². The van der Waals surface area contributed by atoms with Gasteiger partial charge in [0.2, 0.25) is 0 Å². The van der Waals surface area contributed by atoms with Crippen molar-refractivity contribution >= 4 is 17.7 Å². The lowest BCUT2D eigenvalue weighted by atomic mass is 10.4. The van der Waals surface area contributed by atoms with Gasteiger partial charge >= 0.3 is 5.97 Å². The zero-order valence-electron chi connectivity index (χ0n) is 9.74. The molecule has 0 bridgehead atoms. The minimum absolute atomic E-state index is 0.0410. The quantitative estimate of drug-likeness (QED) is 0.782. The van der Waals surface area contributed by atoms with Crippen molar-refractivity contribution in [3.05, 3.63) is 23.8 Å². The smallest absolute Gasteiger partial charge is 0.313 e. The van der Waals surface area contributed by atoms with Gasteiger partial charge in [0.1, 0.15) is 17.8 Å². The van der Waals surface area contributed by atoms with Crippen LogP contribution in [0.3, 0.4) is 0 Å². The summed E-state index contributed by atoms with van der Waals surface area (Å²) in [5.41, 5.74) is 0.752. The van der Waals surface area contributed by atoms with Crippen molar-refractivity contribution in [1.82, 2.24) is 19.9 Å². The molecule has 0 atom stereocenters. The SMILES string of the molecule is CCc1nnc(SCC(=O)O)n1Cc1ccon1. The zero-order chi connectivity index (χ0) is 13.0. The number of aryl methyl sites for hydroxylation is 1. The number of hydrogen-bond acceptors (Lipinski definition) is 6. The average Bonchev–Trinajstić information content (AvgIpc) is 2.97. The van der Waals surface area contributed by atoms with Crippen LogP contribution in [0, 0.1) is 0 Å². The lowest BCUT2D eigenvalue weighted by Crippen LogP contribution is -2.07. The molecule has 18 heavy (non-hydrogen) atoms. The summed E-state index contributed by atoms with van der Waals surface area (Å²) in [7, 11) is 0. The molecule has 2 rings (SSSR count). The van der Waals surface area contributed by atoms with Crippen molar-refractivity contribution in [3.8, 4) is 0 Å². The fraction of sp³-hybridized carbons (Fsp3) is 0.400. The molecule has 0 aliphatic heterocycles. The molecule has 7 nitrogen and oxygen atoms in total. The predicted octanol–water partition coefficient (Wildman–Crippen LogP) is 1.05. The van der Waals surface area contributed by atoms with E-state index in [1.807, 2.05) is 11.5 Å². The van der Waals surface area contributed by atoms with Gasteiger partial charge in [0, 0.05) is 12.5 Å². The molecule has 0 amide bonds. The van der Waals surface area contributed by atoms with Crippen molar-refractivity contribution in [2.24, 2.45) is 0 Å². The lowest BCUT2D eigenvalue weighted by molar-refractivity contribution is -0.133. The number of rotatable bonds is 6. The molecular weight excluding hydrogens is 256 g/mol. The maximum Gasteiger partial charge on any atom is 0.313 e. The monoisotopic (exact) mass is 268 g/mol. The van der Waals surface area contributed by atoms with E-state index in [0.29, 0.717) is 11.7 Å². The van der Waals surface area contributed by atoms with Gasteiger partial charge in [-0.1, -0.05) is 23.8 Å². The number of thioether (sulfide) groups is 1. The number of hydrogen-bond donors (Lipinski definition) is 1. The van der Waals surface area contributed by atoms with Crippen molar-refractivity contribution in [1.29, 1.82) is 0 Å². The topological polar surface area (TPSA) is 94.0 Å². The third kappa shape index (κ3) is 2.89. The van der Waals surface area contributed by atoms with E-state index >= 15 is 0 Å². The van der Waals surface area contributed by atoms with Crippen LogP contribution in [0.5, 0.6) is 0 Å². The van der Waals surface area contributed by atoms with Crippen molar-refractivity contribution in [2.75, 3.05) is 5.75 Å². The second-order valence-electron chi connectivity index (χ2n) is 3.51. The first-order chi connectivity index (χ1) is 8.70. The number of aliphatic carboxylic acids is 1. The van der Waals surface area contributed by atoms with Crippen LogP contribution in [0.15, 0.2) is 22.0 Å². The molecule has 2 aromatic rings. The molecule has 0 saturated carbocycles. The molecule has 0 spiro atoms. The Labute approximate surface area is 107 Å². The predicted molar refractivity (Wildman–Crippen MR) is 63.4 cm³/mol. The Morgan fingerprint density at radius 2 is 2.39 bits per heavy atom. The van der Waals surface area contributed by atoms with Gasteiger partial charge < -0.3 is 9.63 Å². The zero-order valence-corrected chi connectivity index (χ0v) is 10.6. The number of carboxylic acids is 1. The van der Waals surface area contributed by atoms with Gasteiger partial charge in [-0.25, -0.2) is 0 Å². The molecular formula is C10H12N4O3S. The highest BCUT2D eigenvalue weighted by molar-refractivity contribution is 7.99. The van der Waals surface area contributed by atoms with Crippen molar-refractivity contribution < 1.29 is 14.4 Å². The third-order valence-corrected chi connectivity index (χ3v) is 3.20. The second kappa shape index (κ2) is 5.67. The molecule has 0 aliphatic rings. The normalized spacial score (nSPS) is 10.7. The van der Waals surface area contributed by atoms with E-state index in [1.54, 1.807) is 6.07 Å². The minimum Gasteiger partial charge on any atom is -0.481 e. The van der Waals surface area contributed by atoms with E-state index in [1.165, 1.54) is 6.26 Å². The lowest BCUT2D eigenvalue weighted by Gasteiger charge is -2.06. The molecule has 1 N–H and O–H groups in total. The van der Waals surface area contributed by atoms with Gasteiger partial charge in [-0.05, 0) is 0 Å². The van der Waals surface area contributed by atoms with Crippen LogP contribution in [0.25, 0.3) is 0 Å². The summed E-state index contributed by atoms with van der Waals surface area (Å²) in [4.78, 5) is 10.6. The first kappa shape index (κ1) is 12.6. The first-order valence-corrected chi connectivity index (χ1v) is 6.35. The van der Waals surface area contributed by atoms with Crippen LogP contribution in [0.4, 0.5) is 0 Å². The summed E-state index contributed by atoms with van der Waals surface area (Å²) < 4.78 is 6.62. The Hall–Kier alpha value is -1.83. The second-order valence-corrected chi connectivity index (χ2v) is 4.45. The molecule has 0 unspecified atom stereocenters. The maximum atomic E-state index is 10.6. The van der Waals surface area contributed by atoms with E-state index in [9.17, 15) is 4.79 Å². The van der Waals surface area contributed by atoms with Crippen molar-refractivity contribution in [3.63, 3.8) is 0 Å². The van der Waals surface area contributed by atoms with Gasteiger partial charge in [-0.15, -0.1) is 10.2 Å². The van der Waals surface area contributed by atoms with E-state index < -0.39 is 5.97 Å². The van der Waals surface area contributed by atoms with Crippen LogP contribution in [0.1, 0.15) is 18.4 Å². The van der Waals surface area contributed by atoms with Gasteiger partial charge in [0.15, 0.2) is 5.16 Å². The molecule has 2 heterocycles. The highest BCUT2D eigenvalue weighted by Gasteiger charge is 2.14. The summed E-state index contributed by atoms with van der Waals surface area (Å²) in [6.45, 7) is 2.45. The summed E-state index contributed by atoms with van der Waals surface area (Å²) >= 11 is 1.14. The Kier molecular flexibility index (Phi) is 3.98. The van der Waals surface area contributed by atoms with Crippen molar-refractivity contribution in [2.45, 2.75) is 25.0 Å². The molecule has 0 aliphatic carbocycles. The Bertz CT molecular complexity index is 523. The Morgan fingerprint density at radius 3 is 3.00 bits per heavy atom. The molecule has 0 fully saturated rings. The third-order valence-electron chi connectivity index (χ3n) is 2.25. The molecule has 2 aromatic heterocycles. The average molecular weight is 268 g/mol. The summed E-state index contributed by atoms with van der Waals surface area (Å²) in [5.74, 6) is -0.124. The first-order valence-electron chi connectivity index (χ1n) is 5.36. The summed E-state index contributed by atoms with van der Waals surface area (Å²) in [6, 6.07) is 1.76. The Balaban J connectivity index is 2.19. The van der Waals surface area contributed by atoms with E-state index in [-0.39, 0.29) is 5.75 Å². The maximum absolute atomic E-state index is 10.6. The standard InChI is InChI=1S/C10H12N4O3S/c1-2-8-11-12-10(18-6-9(15)16)14(8)5-7-3-4-17-13-7/h3-4H,2,5-6H2,1H3,(H,15,16). The minimum atomic E-state index is -0.881. The van der Waals surface area contributed by atoms with E-state index in [2.05, 4.69) is 15.4 Å². The molecule has 96 valence electrons. The summed E-state index contributed by atoms with van der Waals surface area (Å²) in [5, 5.41) is 21.1. The molecule has 0 radical (unpaired) electrons. The molecule has 0 aromatic carbocycles. The van der Waals surface area contributed by atoms with Crippen LogP contribution in [-0.4, -0.2) is 36.7 Å². The molecule has 0 saturated heterocycles. The highest BCUT2D eigenvalue weighted by atomic mass is 32.2. The highest BCUT2D eigenvalue weighted by Crippen LogP contribution is 2.18. The largest absolute Gasteiger partial charge is 0.481 e. The van der Waals surface area contributed by atoms with Gasteiger partial charge in [-0.3, -0.25) is 9.36 Å². The fourth-order valence-electron chi connectivity index (χ4n) is 1.45. The number of carboxylic acid groups (broad SMARTS) is 1. The summed E-state index contributed by atoms with van der Waals surface area (Å²) in [6.07, 6.45) is 2.22. The van der Waals surface area contributed by atoms with Gasteiger partial charge in [0.25, 0.3) is 0 Å². The number of nitrogens with zero attached hydrogens (tertiary/aromatic N) is 4. The van der Waals surface area contributed by atoms with Crippen LogP contribution in [0.2, 0.25) is 0 Å². The molecule has 8 heteroatoms. The van der Waals surface area contributed by atoms with Gasteiger partial charge in [0.05, 0.1) is 12.3 Å². The number of aromatic nitrogens is 4. The van der Waals surface area contributed by atoms with E-state index in [4.69, 9.17) is 9.63 Å².